The molecule has 0 N–H and O–H groups in total. The molecule has 2 nitrogen and oxygen atoms in total. The van der Waals surface area contributed by atoms with Crippen LogP contribution >= 0.6 is 7.14 Å². The minimum atomic E-state index is -3.07. The summed E-state index contributed by atoms with van der Waals surface area (Å²) in [5.41, 5.74) is 1.86. The lowest BCUT2D eigenvalue weighted by atomic mass is 10.0. The summed E-state index contributed by atoms with van der Waals surface area (Å²) in [6.45, 7) is 0. The van der Waals surface area contributed by atoms with Gasteiger partial charge in [0.15, 0.2) is 7.14 Å². The number of methoxy groups -OCH3 is 1. The molecule has 4 aromatic carbocycles. The fourth-order valence-corrected chi connectivity index (χ4v) is 6.41. The molecule has 4 rings (SSSR count). The number of hydrogen-bond acceptors (Lipinski definition) is 2. The zero-order chi connectivity index (χ0) is 19.4. The van der Waals surface area contributed by atoms with E-state index >= 15 is 0 Å². The van der Waals surface area contributed by atoms with Gasteiger partial charge < -0.3 is 9.30 Å². The Morgan fingerprint density at radius 3 is 1.61 bits per heavy atom. The molecule has 138 valence electrons. The summed E-state index contributed by atoms with van der Waals surface area (Å²) >= 11 is 0. The summed E-state index contributed by atoms with van der Waals surface area (Å²) in [5.74, 6) is 0.766. The summed E-state index contributed by atoms with van der Waals surface area (Å²) in [4.78, 5) is 0. The van der Waals surface area contributed by atoms with Crippen molar-refractivity contribution in [1.29, 1.82) is 0 Å². The molecular weight excluding hydrogens is 363 g/mol. The van der Waals surface area contributed by atoms with Crippen LogP contribution in [0.4, 0.5) is 0 Å². The maximum Gasteiger partial charge on any atom is 0.171 e. The van der Waals surface area contributed by atoms with Crippen molar-refractivity contribution in [3.8, 4) is 16.9 Å². The fourth-order valence-electron chi connectivity index (χ4n) is 3.55. The van der Waals surface area contributed by atoms with Crippen molar-refractivity contribution in [3.05, 3.63) is 109 Å². The van der Waals surface area contributed by atoms with Crippen molar-refractivity contribution in [1.82, 2.24) is 0 Å². The van der Waals surface area contributed by atoms with Gasteiger partial charge in [0.2, 0.25) is 0 Å². The first kappa shape index (κ1) is 18.3. The molecule has 0 unspecified atom stereocenters. The second-order valence-electron chi connectivity index (χ2n) is 6.50. The van der Waals surface area contributed by atoms with Crippen LogP contribution in [0, 0.1) is 0 Å². The largest absolute Gasteiger partial charge is 0.496 e. The van der Waals surface area contributed by atoms with E-state index in [1.807, 2.05) is 109 Å². The average Bonchev–Trinajstić information content (AvgIpc) is 2.79. The van der Waals surface area contributed by atoms with Crippen molar-refractivity contribution in [2.45, 2.75) is 0 Å². The molecule has 0 aromatic heterocycles. The first-order valence-electron chi connectivity index (χ1n) is 9.19. The van der Waals surface area contributed by atoms with E-state index in [2.05, 4.69) is 0 Å². The van der Waals surface area contributed by atoms with Crippen LogP contribution in [0.3, 0.4) is 0 Å². The second kappa shape index (κ2) is 7.88. The van der Waals surface area contributed by atoms with Crippen molar-refractivity contribution in [2.75, 3.05) is 7.11 Å². The summed E-state index contributed by atoms with van der Waals surface area (Å²) in [6.07, 6.45) is 0. The van der Waals surface area contributed by atoms with E-state index in [0.717, 1.165) is 32.8 Å². The van der Waals surface area contributed by atoms with Crippen LogP contribution in [-0.4, -0.2) is 7.11 Å². The smallest absolute Gasteiger partial charge is 0.171 e. The van der Waals surface area contributed by atoms with Gasteiger partial charge in [0, 0.05) is 21.5 Å². The predicted octanol–water partition coefficient (Wildman–Crippen LogP) is 5.00. The Morgan fingerprint density at radius 2 is 1.04 bits per heavy atom. The normalized spacial score (nSPS) is 11.2. The number of benzene rings is 4. The quantitative estimate of drug-likeness (QED) is 0.453. The van der Waals surface area contributed by atoms with Gasteiger partial charge in [-0.3, -0.25) is 0 Å². The lowest BCUT2D eigenvalue weighted by molar-refractivity contribution is 0.416. The van der Waals surface area contributed by atoms with Gasteiger partial charge in [-0.25, -0.2) is 0 Å². The Hall–Kier alpha value is -3.09. The van der Waals surface area contributed by atoms with E-state index < -0.39 is 7.14 Å². The van der Waals surface area contributed by atoms with E-state index in [0.29, 0.717) is 0 Å². The summed E-state index contributed by atoms with van der Waals surface area (Å²) in [7, 11) is -1.40. The van der Waals surface area contributed by atoms with Crippen LogP contribution < -0.4 is 20.7 Å². The second-order valence-corrected chi connectivity index (χ2v) is 9.23. The Balaban J connectivity index is 2.04. The SMILES string of the molecule is COc1ccccc1-c1ccccc1P(=O)(c1ccccc1)c1ccccc1. The Bertz CT molecular complexity index is 1080. The molecule has 0 saturated carbocycles. The van der Waals surface area contributed by atoms with Gasteiger partial charge >= 0.3 is 0 Å². The molecule has 28 heavy (non-hydrogen) atoms. The highest BCUT2D eigenvalue weighted by molar-refractivity contribution is 7.85. The van der Waals surface area contributed by atoms with E-state index in [1.54, 1.807) is 7.11 Å². The van der Waals surface area contributed by atoms with Crippen LogP contribution in [-0.2, 0) is 4.57 Å². The molecule has 0 aliphatic rings. The van der Waals surface area contributed by atoms with Crippen molar-refractivity contribution < 1.29 is 9.30 Å². The Labute approximate surface area is 165 Å². The van der Waals surface area contributed by atoms with Crippen molar-refractivity contribution in [2.24, 2.45) is 0 Å². The molecule has 0 saturated heterocycles. The van der Waals surface area contributed by atoms with Crippen molar-refractivity contribution >= 4 is 23.1 Å². The molecule has 0 aliphatic heterocycles. The highest BCUT2D eigenvalue weighted by atomic mass is 31.2. The monoisotopic (exact) mass is 384 g/mol. The zero-order valence-corrected chi connectivity index (χ0v) is 16.6. The molecular formula is C25H21O2P. The third kappa shape index (κ3) is 3.17. The Morgan fingerprint density at radius 1 is 0.571 bits per heavy atom. The average molecular weight is 384 g/mol. The summed E-state index contributed by atoms with van der Waals surface area (Å²) in [6, 6.07) is 35.3. The fraction of sp³-hybridized carbons (Fsp3) is 0.0400. The van der Waals surface area contributed by atoms with Crippen LogP contribution in [0.5, 0.6) is 5.75 Å². The maximum absolute atomic E-state index is 14.8. The van der Waals surface area contributed by atoms with Gasteiger partial charge in [-0.05, 0) is 11.6 Å². The van der Waals surface area contributed by atoms with E-state index in [4.69, 9.17) is 4.74 Å². The lowest BCUT2D eigenvalue weighted by Crippen LogP contribution is -2.26. The van der Waals surface area contributed by atoms with Gasteiger partial charge in [-0.15, -0.1) is 0 Å². The number of hydrogen-bond donors (Lipinski definition) is 0. The molecule has 3 heteroatoms. The molecule has 4 aromatic rings. The van der Waals surface area contributed by atoms with Crippen LogP contribution in [0.15, 0.2) is 109 Å². The minimum absolute atomic E-state index is 0.766. The zero-order valence-electron chi connectivity index (χ0n) is 15.7. The topological polar surface area (TPSA) is 26.3 Å². The molecule has 0 aliphatic carbocycles. The van der Waals surface area contributed by atoms with Crippen molar-refractivity contribution in [3.63, 3.8) is 0 Å². The molecule has 0 spiro atoms. The molecule has 0 atom stereocenters. The number of rotatable bonds is 5. The predicted molar refractivity (Wildman–Crippen MR) is 118 cm³/mol. The summed E-state index contributed by atoms with van der Waals surface area (Å²) < 4.78 is 20.4. The summed E-state index contributed by atoms with van der Waals surface area (Å²) in [5, 5.41) is 2.46. The van der Waals surface area contributed by atoms with E-state index in [-0.39, 0.29) is 0 Å². The number of ether oxygens (including phenoxy) is 1. The molecule has 0 bridgehead atoms. The van der Waals surface area contributed by atoms with Gasteiger partial charge in [0.1, 0.15) is 5.75 Å². The minimum Gasteiger partial charge on any atom is -0.496 e. The molecule has 0 radical (unpaired) electrons. The lowest BCUT2D eigenvalue weighted by Gasteiger charge is -2.23. The molecule has 0 fully saturated rings. The van der Waals surface area contributed by atoms with Gasteiger partial charge in [-0.2, -0.15) is 0 Å². The standard InChI is InChI=1S/C25H21O2P/c1-27-24-18-10-8-16-22(24)23-17-9-11-19-25(23)28(26,20-12-4-2-5-13-20)21-14-6-3-7-15-21/h2-19H,1H3. The van der Waals surface area contributed by atoms with Crippen LogP contribution in [0.25, 0.3) is 11.1 Å². The first-order valence-corrected chi connectivity index (χ1v) is 10.9. The van der Waals surface area contributed by atoms with Crippen LogP contribution in [0.2, 0.25) is 0 Å². The highest BCUT2D eigenvalue weighted by Gasteiger charge is 2.32. The molecule has 0 heterocycles. The van der Waals surface area contributed by atoms with Gasteiger partial charge in [0.05, 0.1) is 7.11 Å². The maximum atomic E-state index is 14.8. The third-order valence-corrected chi connectivity index (χ3v) is 8.00. The van der Waals surface area contributed by atoms with E-state index in [1.165, 1.54) is 0 Å². The first-order chi connectivity index (χ1) is 13.7. The Kier molecular flexibility index (Phi) is 5.14. The van der Waals surface area contributed by atoms with Crippen LogP contribution in [0.1, 0.15) is 0 Å². The molecule has 0 amide bonds. The number of para-hydroxylation sites is 1. The van der Waals surface area contributed by atoms with Gasteiger partial charge in [0.25, 0.3) is 0 Å². The van der Waals surface area contributed by atoms with E-state index in [9.17, 15) is 4.57 Å². The third-order valence-electron chi connectivity index (χ3n) is 4.88. The van der Waals surface area contributed by atoms with Gasteiger partial charge in [-0.1, -0.05) is 103 Å². The highest BCUT2D eigenvalue weighted by Crippen LogP contribution is 2.46.